The molecule has 1 aromatic carbocycles. The van der Waals surface area contributed by atoms with Gasteiger partial charge < -0.3 is 19.5 Å². The van der Waals surface area contributed by atoms with Crippen molar-refractivity contribution in [2.75, 3.05) is 27.9 Å². The van der Waals surface area contributed by atoms with E-state index in [1.165, 1.54) is 24.0 Å². The minimum absolute atomic E-state index is 0.323. The van der Waals surface area contributed by atoms with Crippen molar-refractivity contribution in [2.24, 2.45) is 0 Å². The Morgan fingerprint density at radius 3 is 2.58 bits per heavy atom. The van der Waals surface area contributed by atoms with Crippen molar-refractivity contribution in [1.29, 1.82) is 0 Å². The minimum atomic E-state index is 0.323. The van der Waals surface area contributed by atoms with Gasteiger partial charge in [-0.3, -0.25) is 0 Å². The van der Waals surface area contributed by atoms with Gasteiger partial charge in [-0.15, -0.1) is 0 Å². The van der Waals surface area contributed by atoms with Crippen molar-refractivity contribution in [3.63, 3.8) is 0 Å². The van der Waals surface area contributed by atoms with Crippen LogP contribution in [0, 0.1) is 0 Å². The van der Waals surface area contributed by atoms with Crippen LogP contribution < -0.4 is 14.8 Å². The number of ether oxygens (including phenoxy) is 3. The highest BCUT2D eigenvalue weighted by Crippen LogP contribution is 2.40. The second kappa shape index (κ2) is 6.78. The fraction of sp³-hybridized carbons (Fsp3) is 0.600. The van der Waals surface area contributed by atoms with Crippen LogP contribution in [0.2, 0.25) is 0 Å². The molecule has 1 unspecified atom stereocenters. The number of nitrogens with one attached hydrogen (secondary N) is 1. The average Bonchev–Trinajstić information content (AvgIpc) is 2.47. The van der Waals surface area contributed by atoms with E-state index in [-0.39, 0.29) is 0 Å². The molecule has 1 aliphatic rings. The van der Waals surface area contributed by atoms with Crippen LogP contribution >= 0.6 is 0 Å². The highest BCUT2D eigenvalue weighted by molar-refractivity contribution is 5.52. The zero-order valence-corrected chi connectivity index (χ0v) is 12.0. The lowest BCUT2D eigenvalue weighted by Gasteiger charge is -2.28. The Morgan fingerprint density at radius 1 is 1.16 bits per heavy atom. The molecule has 0 spiro atoms. The third kappa shape index (κ3) is 3.01. The summed E-state index contributed by atoms with van der Waals surface area (Å²) in [6, 6.07) is 4.33. The first-order valence-corrected chi connectivity index (χ1v) is 6.78. The van der Waals surface area contributed by atoms with E-state index in [2.05, 4.69) is 11.4 Å². The normalized spacial score (nSPS) is 19.2. The SMILES string of the molecule is COCc1ccc(OC)c(OC)c1C1CCCCN1. The largest absolute Gasteiger partial charge is 0.493 e. The Labute approximate surface area is 115 Å². The van der Waals surface area contributed by atoms with Gasteiger partial charge in [-0.25, -0.2) is 0 Å². The average molecular weight is 265 g/mol. The number of rotatable bonds is 5. The minimum Gasteiger partial charge on any atom is -0.493 e. The molecule has 1 aromatic rings. The van der Waals surface area contributed by atoms with Crippen LogP contribution in [0.15, 0.2) is 12.1 Å². The molecule has 1 aliphatic heterocycles. The third-order valence-corrected chi connectivity index (χ3v) is 3.63. The molecular formula is C15H23NO3. The smallest absolute Gasteiger partial charge is 0.165 e. The Kier molecular flexibility index (Phi) is 5.05. The van der Waals surface area contributed by atoms with Gasteiger partial charge in [-0.2, -0.15) is 0 Å². The lowest BCUT2D eigenvalue weighted by Crippen LogP contribution is -2.28. The van der Waals surface area contributed by atoms with Crippen LogP contribution in [0.25, 0.3) is 0 Å². The highest BCUT2D eigenvalue weighted by atomic mass is 16.5. The van der Waals surface area contributed by atoms with Gasteiger partial charge in [0, 0.05) is 18.7 Å². The number of hydrogen-bond acceptors (Lipinski definition) is 4. The van der Waals surface area contributed by atoms with Gasteiger partial charge in [0.25, 0.3) is 0 Å². The van der Waals surface area contributed by atoms with E-state index in [0.717, 1.165) is 24.5 Å². The van der Waals surface area contributed by atoms with Crippen molar-refractivity contribution < 1.29 is 14.2 Å². The van der Waals surface area contributed by atoms with E-state index in [9.17, 15) is 0 Å². The molecule has 0 saturated carbocycles. The molecule has 0 aromatic heterocycles. The summed E-state index contributed by atoms with van der Waals surface area (Å²) in [4.78, 5) is 0. The van der Waals surface area contributed by atoms with E-state index in [1.807, 2.05) is 6.07 Å². The Morgan fingerprint density at radius 2 is 2.00 bits per heavy atom. The molecule has 1 N–H and O–H groups in total. The lowest BCUT2D eigenvalue weighted by molar-refractivity contribution is 0.182. The summed E-state index contributed by atoms with van der Waals surface area (Å²) in [5, 5.41) is 3.57. The summed E-state index contributed by atoms with van der Waals surface area (Å²) in [5.74, 6) is 1.61. The molecule has 0 aliphatic carbocycles. The van der Waals surface area contributed by atoms with Crippen molar-refractivity contribution in [3.8, 4) is 11.5 Å². The number of benzene rings is 1. The molecule has 4 heteroatoms. The molecule has 0 radical (unpaired) electrons. The van der Waals surface area contributed by atoms with Crippen LogP contribution in [-0.2, 0) is 11.3 Å². The molecule has 1 fully saturated rings. The van der Waals surface area contributed by atoms with Gasteiger partial charge in [0.1, 0.15) is 0 Å². The van der Waals surface area contributed by atoms with Gasteiger partial charge in [0.15, 0.2) is 11.5 Å². The summed E-state index contributed by atoms with van der Waals surface area (Å²) in [6.07, 6.45) is 3.60. The maximum absolute atomic E-state index is 5.59. The summed E-state index contributed by atoms with van der Waals surface area (Å²) in [6.45, 7) is 1.64. The van der Waals surface area contributed by atoms with E-state index in [4.69, 9.17) is 14.2 Å². The van der Waals surface area contributed by atoms with E-state index >= 15 is 0 Å². The van der Waals surface area contributed by atoms with Gasteiger partial charge in [-0.05, 0) is 31.0 Å². The first-order valence-electron chi connectivity index (χ1n) is 6.78. The van der Waals surface area contributed by atoms with Crippen LogP contribution in [0.5, 0.6) is 11.5 Å². The second-order valence-electron chi connectivity index (χ2n) is 4.81. The van der Waals surface area contributed by atoms with Crippen molar-refractivity contribution in [2.45, 2.75) is 31.9 Å². The summed E-state index contributed by atoms with van der Waals surface area (Å²) in [7, 11) is 5.08. The lowest BCUT2D eigenvalue weighted by atomic mass is 9.92. The fourth-order valence-electron chi connectivity index (χ4n) is 2.75. The maximum atomic E-state index is 5.59. The summed E-state index contributed by atoms with van der Waals surface area (Å²) in [5.41, 5.74) is 2.35. The summed E-state index contributed by atoms with van der Waals surface area (Å²) >= 11 is 0. The zero-order valence-electron chi connectivity index (χ0n) is 12.0. The molecule has 0 amide bonds. The van der Waals surface area contributed by atoms with Gasteiger partial charge in [-0.1, -0.05) is 12.5 Å². The topological polar surface area (TPSA) is 39.7 Å². The van der Waals surface area contributed by atoms with Crippen LogP contribution in [0.4, 0.5) is 0 Å². The molecule has 19 heavy (non-hydrogen) atoms. The second-order valence-corrected chi connectivity index (χ2v) is 4.81. The monoisotopic (exact) mass is 265 g/mol. The molecule has 106 valence electrons. The number of methoxy groups -OCH3 is 3. The van der Waals surface area contributed by atoms with Crippen molar-refractivity contribution in [3.05, 3.63) is 23.3 Å². The molecule has 0 bridgehead atoms. The standard InChI is InChI=1S/C15H23NO3/c1-17-10-11-7-8-13(18-2)15(19-3)14(11)12-6-4-5-9-16-12/h7-8,12,16H,4-6,9-10H2,1-3H3. The van der Waals surface area contributed by atoms with Crippen LogP contribution in [-0.4, -0.2) is 27.9 Å². The van der Waals surface area contributed by atoms with Crippen LogP contribution in [0.1, 0.15) is 36.4 Å². The van der Waals surface area contributed by atoms with Crippen molar-refractivity contribution in [1.82, 2.24) is 5.32 Å². The molecular weight excluding hydrogens is 242 g/mol. The zero-order chi connectivity index (χ0) is 13.7. The van der Waals surface area contributed by atoms with E-state index in [0.29, 0.717) is 12.6 Å². The first-order chi connectivity index (χ1) is 9.31. The molecule has 1 heterocycles. The van der Waals surface area contributed by atoms with E-state index < -0.39 is 0 Å². The van der Waals surface area contributed by atoms with Crippen LogP contribution in [0.3, 0.4) is 0 Å². The molecule has 1 saturated heterocycles. The first kappa shape index (κ1) is 14.2. The number of piperidine rings is 1. The van der Waals surface area contributed by atoms with Gasteiger partial charge in [0.2, 0.25) is 0 Å². The maximum Gasteiger partial charge on any atom is 0.165 e. The predicted molar refractivity (Wildman–Crippen MR) is 74.9 cm³/mol. The molecule has 2 rings (SSSR count). The Bertz CT molecular complexity index is 414. The van der Waals surface area contributed by atoms with E-state index in [1.54, 1.807) is 21.3 Å². The summed E-state index contributed by atoms with van der Waals surface area (Å²) < 4.78 is 16.3. The van der Waals surface area contributed by atoms with Gasteiger partial charge in [0.05, 0.1) is 20.8 Å². The Balaban J connectivity index is 2.44. The number of hydrogen-bond donors (Lipinski definition) is 1. The Hall–Kier alpha value is -1.26. The molecule has 4 nitrogen and oxygen atoms in total. The highest BCUT2D eigenvalue weighted by Gasteiger charge is 2.24. The fourth-order valence-corrected chi connectivity index (χ4v) is 2.75. The third-order valence-electron chi connectivity index (χ3n) is 3.63. The van der Waals surface area contributed by atoms with Crippen molar-refractivity contribution >= 4 is 0 Å². The predicted octanol–water partition coefficient (Wildman–Crippen LogP) is 2.66. The molecule has 1 atom stereocenters. The quantitative estimate of drug-likeness (QED) is 0.888. The van der Waals surface area contributed by atoms with Gasteiger partial charge >= 0.3 is 0 Å².